The van der Waals surface area contributed by atoms with Crippen LogP contribution in [0, 0.1) is 0 Å². The Bertz CT molecular complexity index is 90.5. The molecule has 3 nitrogen and oxygen atoms in total. The van der Waals surface area contributed by atoms with Crippen LogP contribution in [0.4, 0.5) is 0 Å². The summed E-state index contributed by atoms with van der Waals surface area (Å²) in [5.41, 5.74) is 0. The van der Waals surface area contributed by atoms with Crippen molar-refractivity contribution in [1.29, 1.82) is 0 Å². The Kier molecular flexibility index (Phi) is 2.54. The van der Waals surface area contributed by atoms with Gasteiger partial charge in [0.15, 0.2) is 6.79 Å². The van der Waals surface area contributed by atoms with E-state index in [0.29, 0.717) is 32.4 Å². The van der Waals surface area contributed by atoms with Gasteiger partial charge in [-0.15, -0.1) is 0 Å². The molecule has 1 heterocycles. The molecule has 52 valence electrons. The zero-order valence-corrected chi connectivity index (χ0v) is 5.26. The molecule has 0 unspecified atom stereocenters. The van der Waals surface area contributed by atoms with Crippen LogP contribution in [0.25, 0.3) is 0 Å². The van der Waals surface area contributed by atoms with E-state index in [4.69, 9.17) is 14.2 Å². The Morgan fingerprint density at radius 1 is 1.22 bits per heavy atom. The molecule has 0 bridgehead atoms. The third-order valence-corrected chi connectivity index (χ3v) is 0.981. The predicted molar refractivity (Wildman–Crippen MR) is 31.9 cm³/mol. The zero-order chi connectivity index (χ0) is 6.53. The predicted octanol–water partition coefficient (Wildman–Crippen LogP) is 0.521. The van der Waals surface area contributed by atoms with E-state index in [0.717, 1.165) is 0 Å². The van der Waals surface area contributed by atoms with Crippen LogP contribution < -0.4 is 0 Å². The summed E-state index contributed by atoms with van der Waals surface area (Å²) in [6.45, 7) is 5.62. The number of hydrogen-bond donors (Lipinski definition) is 0. The highest BCUT2D eigenvalue weighted by Crippen LogP contribution is 1.97. The molecule has 0 spiro atoms. The van der Waals surface area contributed by atoms with Gasteiger partial charge >= 0.3 is 0 Å². The third-order valence-electron chi connectivity index (χ3n) is 0.981. The number of ether oxygens (including phenoxy) is 3. The van der Waals surface area contributed by atoms with Gasteiger partial charge in [0.1, 0.15) is 12.4 Å². The second-order valence-electron chi connectivity index (χ2n) is 1.76. The van der Waals surface area contributed by atoms with Crippen LogP contribution in [-0.2, 0) is 14.2 Å². The van der Waals surface area contributed by atoms with E-state index in [2.05, 4.69) is 6.58 Å². The van der Waals surface area contributed by atoms with Gasteiger partial charge in [0, 0.05) is 0 Å². The Hall–Kier alpha value is -0.540. The second-order valence-corrected chi connectivity index (χ2v) is 1.76. The number of hydrogen-bond acceptors (Lipinski definition) is 3. The molecule has 0 amide bonds. The van der Waals surface area contributed by atoms with E-state index in [-0.39, 0.29) is 0 Å². The fourth-order valence-corrected chi connectivity index (χ4v) is 0.529. The molecular weight excluding hydrogens is 120 g/mol. The topological polar surface area (TPSA) is 27.7 Å². The van der Waals surface area contributed by atoms with Crippen molar-refractivity contribution in [1.82, 2.24) is 0 Å². The molecule has 1 fully saturated rings. The molecule has 1 rings (SSSR count). The highest BCUT2D eigenvalue weighted by Gasteiger charge is 1.99. The van der Waals surface area contributed by atoms with Crippen molar-refractivity contribution in [3.8, 4) is 0 Å². The van der Waals surface area contributed by atoms with Crippen molar-refractivity contribution >= 4 is 0 Å². The quantitative estimate of drug-likeness (QED) is 0.478. The Morgan fingerprint density at radius 3 is 2.89 bits per heavy atom. The smallest absolute Gasteiger partial charge is 0.188 e. The summed E-state index contributed by atoms with van der Waals surface area (Å²) in [6, 6.07) is 0. The van der Waals surface area contributed by atoms with Crippen molar-refractivity contribution in [3.05, 3.63) is 12.3 Å². The van der Waals surface area contributed by atoms with Crippen molar-refractivity contribution < 1.29 is 14.2 Å². The third kappa shape index (κ3) is 2.49. The minimum Gasteiger partial charge on any atom is -0.470 e. The highest BCUT2D eigenvalue weighted by atomic mass is 16.7. The molecule has 0 atom stereocenters. The van der Waals surface area contributed by atoms with Crippen molar-refractivity contribution in [3.63, 3.8) is 0 Å². The van der Waals surface area contributed by atoms with Gasteiger partial charge in [-0.1, -0.05) is 6.58 Å². The fraction of sp³-hybridized carbons (Fsp3) is 0.667. The summed E-state index contributed by atoms with van der Waals surface area (Å²) >= 11 is 0. The maximum Gasteiger partial charge on any atom is 0.188 e. The Labute approximate surface area is 54.2 Å². The first-order valence-corrected chi connectivity index (χ1v) is 2.85. The molecule has 0 N–H and O–H groups in total. The summed E-state index contributed by atoms with van der Waals surface area (Å²) in [5, 5.41) is 0. The lowest BCUT2D eigenvalue weighted by atomic mass is 10.6. The molecular formula is C6H10O3. The first-order chi connectivity index (χ1) is 4.39. The van der Waals surface area contributed by atoms with Crippen LogP contribution in [0.2, 0.25) is 0 Å². The van der Waals surface area contributed by atoms with Crippen LogP contribution in [0.5, 0.6) is 0 Å². The average molecular weight is 130 g/mol. The lowest BCUT2D eigenvalue weighted by Gasteiger charge is -2.13. The molecule has 0 radical (unpaired) electrons. The van der Waals surface area contributed by atoms with Crippen LogP contribution >= 0.6 is 0 Å². The van der Waals surface area contributed by atoms with Gasteiger partial charge in [-0.3, -0.25) is 0 Å². The minimum atomic E-state index is 0.308. The molecule has 0 aromatic rings. The minimum absolute atomic E-state index is 0.308. The highest BCUT2D eigenvalue weighted by molar-refractivity contribution is 4.81. The van der Waals surface area contributed by atoms with Crippen LogP contribution in [0.1, 0.15) is 0 Å². The monoisotopic (exact) mass is 130 g/mol. The van der Waals surface area contributed by atoms with Crippen molar-refractivity contribution in [2.45, 2.75) is 0 Å². The number of rotatable bonds is 0. The van der Waals surface area contributed by atoms with Gasteiger partial charge in [0.05, 0.1) is 13.2 Å². The van der Waals surface area contributed by atoms with Crippen molar-refractivity contribution in [2.75, 3.05) is 26.6 Å². The van der Waals surface area contributed by atoms with Gasteiger partial charge in [0.2, 0.25) is 0 Å². The van der Waals surface area contributed by atoms with E-state index in [9.17, 15) is 0 Å². The maximum absolute atomic E-state index is 5.04. The van der Waals surface area contributed by atoms with Crippen LogP contribution in [0.15, 0.2) is 12.3 Å². The molecule has 1 saturated heterocycles. The lowest BCUT2D eigenvalue weighted by molar-refractivity contribution is -0.0770. The molecule has 0 saturated carbocycles. The van der Waals surface area contributed by atoms with Gasteiger partial charge in [0.25, 0.3) is 0 Å². The summed E-state index contributed by atoms with van der Waals surface area (Å²) in [4.78, 5) is 0. The summed E-state index contributed by atoms with van der Waals surface area (Å²) in [6.07, 6.45) is 0. The van der Waals surface area contributed by atoms with Gasteiger partial charge in [-0.25, -0.2) is 0 Å². The normalized spacial score (nSPS) is 22.0. The van der Waals surface area contributed by atoms with Crippen molar-refractivity contribution in [2.24, 2.45) is 0 Å². The van der Waals surface area contributed by atoms with E-state index in [1.165, 1.54) is 0 Å². The first kappa shape index (κ1) is 6.58. The molecule has 1 aliphatic rings. The Morgan fingerprint density at radius 2 is 2.00 bits per heavy atom. The van der Waals surface area contributed by atoms with E-state index >= 15 is 0 Å². The van der Waals surface area contributed by atoms with Gasteiger partial charge in [-0.05, 0) is 0 Å². The average Bonchev–Trinajstić information content (AvgIpc) is 1.79. The van der Waals surface area contributed by atoms with Gasteiger partial charge in [-0.2, -0.15) is 0 Å². The summed E-state index contributed by atoms with van der Waals surface area (Å²) in [5.74, 6) is 0.634. The van der Waals surface area contributed by atoms with Crippen LogP contribution in [0.3, 0.4) is 0 Å². The van der Waals surface area contributed by atoms with E-state index < -0.39 is 0 Å². The Balaban J connectivity index is 2.20. The lowest BCUT2D eigenvalue weighted by Crippen LogP contribution is -2.14. The summed E-state index contributed by atoms with van der Waals surface area (Å²) < 4.78 is 14.9. The molecule has 0 aliphatic carbocycles. The second kappa shape index (κ2) is 3.48. The largest absolute Gasteiger partial charge is 0.470 e. The summed E-state index contributed by atoms with van der Waals surface area (Å²) in [7, 11) is 0. The zero-order valence-electron chi connectivity index (χ0n) is 5.26. The molecule has 3 heteroatoms. The maximum atomic E-state index is 5.04. The van der Waals surface area contributed by atoms with E-state index in [1.807, 2.05) is 0 Å². The standard InChI is InChI=1S/C6H10O3/c1-6-4-7-2-3-8-5-9-6/h1-5H2. The molecule has 0 aromatic heterocycles. The molecule has 9 heavy (non-hydrogen) atoms. The molecule has 0 aromatic carbocycles. The van der Waals surface area contributed by atoms with E-state index in [1.54, 1.807) is 0 Å². The van der Waals surface area contributed by atoms with Gasteiger partial charge < -0.3 is 14.2 Å². The first-order valence-electron chi connectivity index (χ1n) is 2.85. The molecule has 1 aliphatic heterocycles. The fourth-order valence-electron chi connectivity index (χ4n) is 0.529. The van der Waals surface area contributed by atoms with Crippen LogP contribution in [-0.4, -0.2) is 26.6 Å². The SMILES string of the molecule is C=C1COCCOCO1.